The number of esters is 2. The van der Waals surface area contributed by atoms with Crippen LogP contribution in [-0.4, -0.2) is 46.6 Å². The topological polar surface area (TPSA) is 93.1 Å². The zero-order valence-corrected chi connectivity index (χ0v) is 19.0. The number of ether oxygens (including phenoxy) is 2. The minimum absolute atomic E-state index is 0.208. The quantitative estimate of drug-likeness (QED) is 0.526. The molecule has 3 rings (SSSR count). The molecular formula is C24H36O6. The van der Waals surface area contributed by atoms with Crippen molar-refractivity contribution in [2.75, 3.05) is 0 Å². The average Bonchev–Trinajstić information content (AvgIpc) is 2.59. The van der Waals surface area contributed by atoms with Crippen molar-refractivity contribution in [1.82, 2.24) is 0 Å². The van der Waals surface area contributed by atoms with E-state index >= 15 is 0 Å². The summed E-state index contributed by atoms with van der Waals surface area (Å²) in [6.45, 7) is 15.2. The van der Waals surface area contributed by atoms with E-state index in [0.29, 0.717) is 31.3 Å². The van der Waals surface area contributed by atoms with Crippen molar-refractivity contribution in [2.24, 2.45) is 22.7 Å². The van der Waals surface area contributed by atoms with Crippen molar-refractivity contribution < 1.29 is 29.3 Å². The number of hydrogen-bond acceptors (Lipinski definition) is 6. The standard InChI is InChI=1S/C24H36O6/c1-12-17(27)8-9-24(7)11-19(29-14(3)25)20-13(2)18(28)10-16(23(20,5)6)22(21(12)24)30-15(4)26/h16-19,21-22,27-28H,1,8-11H2,2-7H3. The van der Waals surface area contributed by atoms with Crippen LogP contribution in [0.25, 0.3) is 0 Å². The molecule has 2 saturated carbocycles. The van der Waals surface area contributed by atoms with Crippen LogP contribution in [0.4, 0.5) is 0 Å². The number of hydrogen-bond donors (Lipinski definition) is 2. The van der Waals surface area contributed by atoms with Gasteiger partial charge in [0.1, 0.15) is 12.2 Å². The second-order valence-electron chi connectivity index (χ2n) is 10.3. The fourth-order valence-electron chi connectivity index (χ4n) is 6.51. The van der Waals surface area contributed by atoms with E-state index in [1.807, 2.05) is 6.92 Å². The monoisotopic (exact) mass is 420 g/mol. The average molecular weight is 421 g/mol. The van der Waals surface area contributed by atoms with Crippen LogP contribution in [0.15, 0.2) is 23.3 Å². The van der Waals surface area contributed by atoms with Gasteiger partial charge < -0.3 is 19.7 Å². The number of rotatable bonds is 2. The Morgan fingerprint density at radius 1 is 1.07 bits per heavy atom. The molecule has 0 aromatic rings. The van der Waals surface area contributed by atoms with Crippen molar-refractivity contribution >= 4 is 11.9 Å². The molecule has 30 heavy (non-hydrogen) atoms. The summed E-state index contributed by atoms with van der Waals surface area (Å²) in [6, 6.07) is 0. The third-order valence-electron chi connectivity index (χ3n) is 7.90. The lowest BCUT2D eigenvalue weighted by Crippen LogP contribution is -2.58. The Balaban J connectivity index is 2.25. The van der Waals surface area contributed by atoms with Crippen molar-refractivity contribution in [3.8, 4) is 0 Å². The predicted octanol–water partition coefficient (Wildman–Crippen LogP) is 3.31. The summed E-state index contributed by atoms with van der Waals surface area (Å²) >= 11 is 0. The third kappa shape index (κ3) is 3.73. The largest absolute Gasteiger partial charge is 0.462 e. The molecule has 3 aliphatic carbocycles. The predicted molar refractivity (Wildman–Crippen MR) is 112 cm³/mol. The molecule has 2 N–H and O–H groups in total. The van der Waals surface area contributed by atoms with Crippen LogP contribution >= 0.6 is 0 Å². The number of fused-ring (bicyclic) bond motifs is 3. The second-order valence-corrected chi connectivity index (χ2v) is 10.3. The number of carbonyl (C=O) groups is 2. The Bertz CT molecular complexity index is 781. The molecule has 7 atom stereocenters. The normalized spacial score (nSPS) is 40.7. The van der Waals surface area contributed by atoms with Gasteiger partial charge in [-0.25, -0.2) is 0 Å². The fourth-order valence-corrected chi connectivity index (χ4v) is 6.51. The van der Waals surface area contributed by atoms with E-state index in [2.05, 4.69) is 27.4 Å². The maximum Gasteiger partial charge on any atom is 0.303 e. The number of carbonyl (C=O) groups excluding carboxylic acids is 2. The highest BCUT2D eigenvalue weighted by atomic mass is 16.5. The molecule has 2 bridgehead atoms. The van der Waals surface area contributed by atoms with Gasteiger partial charge in [0, 0.05) is 25.7 Å². The molecule has 2 fully saturated rings. The highest BCUT2D eigenvalue weighted by Crippen LogP contribution is 2.59. The van der Waals surface area contributed by atoms with Gasteiger partial charge in [0.15, 0.2) is 0 Å². The zero-order chi connectivity index (χ0) is 22.6. The number of aliphatic hydroxyl groups excluding tert-OH is 2. The lowest BCUT2D eigenvalue weighted by Gasteiger charge is -2.58. The number of aliphatic hydroxyl groups is 2. The SMILES string of the molecule is C=C1C(O)CCC2(C)CC(OC(C)=O)C3=C(C)C(O)CC(C(OC(C)=O)C12)C3(C)C. The first-order valence-electron chi connectivity index (χ1n) is 10.9. The highest BCUT2D eigenvalue weighted by molar-refractivity contribution is 5.67. The Morgan fingerprint density at radius 2 is 1.67 bits per heavy atom. The maximum atomic E-state index is 12.1. The summed E-state index contributed by atoms with van der Waals surface area (Å²) in [5.74, 6) is -1.25. The molecule has 168 valence electrons. The van der Waals surface area contributed by atoms with E-state index in [0.717, 1.165) is 11.1 Å². The third-order valence-corrected chi connectivity index (χ3v) is 7.90. The summed E-state index contributed by atoms with van der Waals surface area (Å²) in [5.41, 5.74) is 1.57. The molecule has 0 radical (unpaired) electrons. The van der Waals surface area contributed by atoms with E-state index in [1.165, 1.54) is 13.8 Å². The first kappa shape index (κ1) is 23.0. The summed E-state index contributed by atoms with van der Waals surface area (Å²) in [5, 5.41) is 21.5. The van der Waals surface area contributed by atoms with Crippen LogP contribution in [0.2, 0.25) is 0 Å². The first-order chi connectivity index (χ1) is 13.8. The first-order valence-corrected chi connectivity index (χ1v) is 10.9. The molecular weight excluding hydrogens is 384 g/mol. The maximum absolute atomic E-state index is 12.1. The van der Waals surface area contributed by atoms with Crippen LogP contribution in [0.3, 0.4) is 0 Å². The Hall–Kier alpha value is -1.66. The van der Waals surface area contributed by atoms with Gasteiger partial charge in [-0.1, -0.05) is 27.4 Å². The van der Waals surface area contributed by atoms with Gasteiger partial charge in [0.2, 0.25) is 0 Å². The van der Waals surface area contributed by atoms with Gasteiger partial charge in [-0.05, 0) is 60.2 Å². The molecule has 0 saturated heterocycles. The molecule has 0 aromatic heterocycles. The van der Waals surface area contributed by atoms with E-state index < -0.39 is 29.8 Å². The Morgan fingerprint density at radius 3 is 2.23 bits per heavy atom. The molecule has 0 aliphatic heterocycles. The van der Waals surface area contributed by atoms with E-state index in [1.54, 1.807) is 0 Å². The lowest BCUT2D eigenvalue weighted by molar-refractivity contribution is -0.170. The molecule has 3 aliphatic rings. The molecule has 0 spiro atoms. The van der Waals surface area contributed by atoms with E-state index in [9.17, 15) is 19.8 Å². The minimum atomic E-state index is -0.708. The molecule has 6 nitrogen and oxygen atoms in total. The van der Waals surface area contributed by atoms with Gasteiger partial charge in [0.25, 0.3) is 0 Å². The summed E-state index contributed by atoms with van der Waals surface area (Å²) in [4.78, 5) is 24.2. The summed E-state index contributed by atoms with van der Waals surface area (Å²) in [7, 11) is 0. The van der Waals surface area contributed by atoms with Gasteiger partial charge in [0.05, 0.1) is 12.2 Å². The smallest absolute Gasteiger partial charge is 0.303 e. The van der Waals surface area contributed by atoms with Crippen molar-refractivity contribution in [3.05, 3.63) is 23.3 Å². The van der Waals surface area contributed by atoms with Crippen LogP contribution in [0, 0.1) is 22.7 Å². The van der Waals surface area contributed by atoms with E-state index in [4.69, 9.17) is 9.47 Å². The molecule has 0 heterocycles. The van der Waals surface area contributed by atoms with Gasteiger partial charge in [-0.15, -0.1) is 0 Å². The van der Waals surface area contributed by atoms with Crippen molar-refractivity contribution in [3.63, 3.8) is 0 Å². The van der Waals surface area contributed by atoms with Crippen LogP contribution in [-0.2, 0) is 19.1 Å². The van der Waals surface area contributed by atoms with Crippen LogP contribution in [0.1, 0.15) is 67.2 Å². The molecule has 0 amide bonds. The fraction of sp³-hybridized carbons (Fsp3) is 0.750. The van der Waals surface area contributed by atoms with Gasteiger partial charge in [-0.2, -0.15) is 0 Å². The second kappa shape index (κ2) is 7.79. The Labute approximate surface area is 179 Å². The highest BCUT2D eigenvalue weighted by Gasteiger charge is 2.59. The van der Waals surface area contributed by atoms with Crippen molar-refractivity contribution in [1.29, 1.82) is 0 Å². The van der Waals surface area contributed by atoms with Crippen molar-refractivity contribution in [2.45, 2.75) is 91.6 Å². The van der Waals surface area contributed by atoms with Gasteiger partial charge in [-0.3, -0.25) is 9.59 Å². The Kier molecular flexibility index (Phi) is 5.98. The zero-order valence-electron chi connectivity index (χ0n) is 19.0. The molecule has 6 heteroatoms. The molecule has 0 aromatic carbocycles. The van der Waals surface area contributed by atoms with Gasteiger partial charge >= 0.3 is 11.9 Å². The molecule has 7 unspecified atom stereocenters. The summed E-state index contributed by atoms with van der Waals surface area (Å²) < 4.78 is 11.8. The van der Waals surface area contributed by atoms with Crippen LogP contribution < -0.4 is 0 Å². The summed E-state index contributed by atoms with van der Waals surface area (Å²) in [6.07, 6.45) is -0.152. The minimum Gasteiger partial charge on any atom is -0.462 e. The van der Waals surface area contributed by atoms with Crippen LogP contribution in [0.5, 0.6) is 0 Å². The lowest BCUT2D eigenvalue weighted by atomic mass is 9.50. The van der Waals surface area contributed by atoms with E-state index in [-0.39, 0.29) is 29.2 Å².